The lowest BCUT2D eigenvalue weighted by molar-refractivity contribution is 0.0116. The summed E-state index contributed by atoms with van der Waals surface area (Å²) in [7, 11) is 1.45. The van der Waals surface area contributed by atoms with Crippen LogP contribution in [-0.2, 0) is 9.47 Å². The predicted octanol–water partition coefficient (Wildman–Crippen LogP) is 1.74. The topological polar surface area (TPSA) is 61.5 Å². The zero-order chi connectivity index (χ0) is 13.0. The van der Waals surface area contributed by atoms with Crippen LogP contribution < -0.4 is 5.73 Å². The maximum absolute atomic E-state index is 13.3. The Kier molecular flexibility index (Phi) is 4.39. The predicted molar refractivity (Wildman–Crippen MR) is 57.5 cm³/mol. The van der Waals surface area contributed by atoms with Crippen LogP contribution in [0.15, 0.2) is 12.1 Å². The second-order valence-corrected chi connectivity index (χ2v) is 3.52. The summed E-state index contributed by atoms with van der Waals surface area (Å²) >= 11 is 0. The van der Waals surface area contributed by atoms with Crippen molar-refractivity contribution in [2.75, 3.05) is 19.5 Å². The molecule has 1 aromatic rings. The number of nitrogen functional groups attached to an aromatic ring is 1. The molecular weight excluding hydrogens is 232 g/mol. The van der Waals surface area contributed by atoms with Crippen LogP contribution in [0.5, 0.6) is 0 Å². The molecule has 1 aromatic carbocycles. The van der Waals surface area contributed by atoms with Crippen molar-refractivity contribution in [2.45, 2.75) is 13.0 Å². The standard InChI is InChI=1S/C11H13F2NO3/c1-6(5-16-2)17-11(15)7-3-10(14)9(13)4-8(7)12/h3-4,6H,5,14H2,1-2H3. The van der Waals surface area contributed by atoms with E-state index in [-0.39, 0.29) is 12.3 Å². The third-order valence-corrected chi connectivity index (χ3v) is 2.02. The summed E-state index contributed by atoms with van der Waals surface area (Å²) < 4.78 is 35.8. The van der Waals surface area contributed by atoms with Crippen LogP contribution in [0, 0.1) is 11.6 Å². The molecule has 1 rings (SSSR count). The van der Waals surface area contributed by atoms with Crippen LogP contribution in [-0.4, -0.2) is 25.8 Å². The van der Waals surface area contributed by atoms with E-state index in [1.165, 1.54) is 7.11 Å². The van der Waals surface area contributed by atoms with Gasteiger partial charge in [-0.15, -0.1) is 0 Å². The van der Waals surface area contributed by atoms with Gasteiger partial charge in [0, 0.05) is 13.2 Å². The highest BCUT2D eigenvalue weighted by molar-refractivity contribution is 5.90. The van der Waals surface area contributed by atoms with Gasteiger partial charge in [-0.25, -0.2) is 13.6 Å². The van der Waals surface area contributed by atoms with Crippen molar-refractivity contribution < 1.29 is 23.0 Å². The van der Waals surface area contributed by atoms with E-state index in [2.05, 4.69) is 0 Å². The number of ether oxygens (including phenoxy) is 2. The molecular formula is C11H13F2NO3. The maximum Gasteiger partial charge on any atom is 0.341 e. The molecule has 6 heteroatoms. The van der Waals surface area contributed by atoms with E-state index < -0.39 is 29.3 Å². The Balaban J connectivity index is 2.86. The van der Waals surface area contributed by atoms with E-state index in [4.69, 9.17) is 15.2 Å². The zero-order valence-electron chi connectivity index (χ0n) is 9.50. The van der Waals surface area contributed by atoms with Gasteiger partial charge in [-0.3, -0.25) is 0 Å². The van der Waals surface area contributed by atoms with Gasteiger partial charge in [0.25, 0.3) is 0 Å². The van der Waals surface area contributed by atoms with E-state index in [0.717, 1.165) is 6.07 Å². The average Bonchev–Trinajstić information content (AvgIpc) is 2.23. The van der Waals surface area contributed by atoms with Gasteiger partial charge in [0.15, 0.2) is 0 Å². The number of carbonyl (C=O) groups excluding carboxylic acids is 1. The van der Waals surface area contributed by atoms with Gasteiger partial charge in [-0.05, 0) is 13.0 Å². The van der Waals surface area contributed by atoms with Crippen LogP contribution in [0.3, 0.4) is 0 Å². The van der Waals surface area contributed by atoms with Crippen molar-refractivity contribution in [1.29, 1.82) is 0 Å². The summed E-state index contributed by atoms with van der Waals surface area (Å²) in [6.45, 7) is 1.77. The Morgan fingerprint density at radius 3 is 2.65 bits per heavy atom. The Hall–Kier alpha value is -1.69. The van der Waals surface area contributed by atoms with Crippen LogP contribution in [0.25, 0.3) is 0 Å². The first-order valence-electron chi connectivity index (χ1n) is 4.90. The third kappa shape index (κ3) is 3.39. The Labute approximate surface area is 97.3 Å². The molecule has 0 spiro atoms. The van der Waals surface area contributed by atoms with E-state index in [0.29, 0.717) is 6.07 Å². The minimum atomic E-state index is -1.01. The Morgan fingerprint density at radius 2 is 2.06 bits per heavy atom. The molecule has 1 atom stereocenters. The molecule has 0 bridgehead atoms. The molecule has 17 heavy (non-hydrogen) atoms. The number of rotatable bonds is 4. The highest BCUT2D eigenvalue weighted by atomic mass is 19.1. The summed E-state index contributed by atoms with van der Waals surface area (Å²) in [6, 6.07) is 1.46. The fourth-order valence-corrected chi connectivity index (χ4v) is 1.24. The smallest absolute Gasteiger partial charge is 0.341 e. The summed E-state index contributed by atoms with van der Waals surface area (Å²) in [5.74, 6) is -2.82. The van der Waals surface area contributed by atoms with Crippen molar-refractivity contribution in [2.24, 2.45) is 0 Å². The van der Waals surface area contributed by atoms with E-state index >= 15 is 0 Å². The number of anilines is 1. The van der Waals surface area contributed by atoms with E-state index in [9.17, 15) is 13.6 Å². The molecule has 0 aliphatic carbocycles. The highest BCUT2D eigenvalue weighted by Crippen LogP contribution is 2.17. The van der Waals surface area contributed by atoms with Crippen molar-refractivity contribution >= 4 is 11.7 Å². The number of halogens is 2. The van der Waals surface area contributed by atoms with Gasteiger partial charge < -0.3 is 15.2 Å². The first-order chi connectivity index (χ1) is 7.95. The van der Waals surface area contributed by atoms with Gasteiger partial charge >= 0.3 is 5.97 Å². The number of hydrogen-bond donors (Lipinski definition) is 1. The van der Waals surface area contributed by atoms with Crippen LogP contribution in [0.2, 0.25) is 0 Å². The quantitative estimate of drug-likeness (QED) is 0.648. The lowest BCUT2D eigenvalue weighted by Crippen LogP contribution is -2.20. The third-order valence-electron chi connectivity index (χ3n) is 2.02. The minimum Gasteiger partial charge on any atom is -0.457 e. The SMILES string of the molecule is COCC(C)OC(=O)c1cc(N)c(F)cc1F. The summed E-state index contributed by atoms with van der Waals surface area (Å²) in [4.78, 5) is 11.5. The van der Waals surface area contributed by atoms with Crippen molar-refractivity contribution in [3.05, 3.63) is 29.3 Å². The first-order valence-corrected chi connectivity index (χ1v) is 4.90. The van der Waals surface area contributed by atoms with Gasteiger partial charge in [0.2, 0.25) is 0 Å². The van der Waals surface area contributed by atoms with Gasteiger partial charge in [-0.1, -0.05) is 0 Å². The fourth-order valence-electron chi connectivity index (χ4n) is 1.24. The molecule has 0 saturated carbocycles. The van der Waals surface area contributed by atoms with E-state index in [1.54, 1.807) is 6.92 Å². The van der Waals surface area contributed by atoms with Crippen molar-refractivity contribution in [3.63, 3.8) is 0 Å². The molecule has 0 aromatic heterocycles. The number of carbonyl (C=O) groups is 1. The number of hydrogen-bond acceptors (Lipinski definition) is 4. The van der Waals surface area contributed by atoms with Crippen LogP contribution >= 0.6 is 0 Å². The monoisotopic (exact) mass is 245 g/mol. The molecule has 1 unspecified atom stereocenters. The molecule has 4 nitrogen and oxygen atoms in total. The van der Waals surface area contributed by atoms with Gasteiger partial charge in [0.05, 0.1) is 17.9 Å². The normalized spacial score (nSPS) is 12.2. The lowest BCUT2D eigenvalue weighted by atomic mass is 10.2. The molecule has 0 heterocycles. The van der Waals surface area contributed by atoms with Crippen LogP contribution in [0.1, 0.15) is 17.3 Å². The summed E-state index contributed by atoms with van der Waals surface area (Å²) in [5.41, 5.74) is 4.54. The number of benzene rings is 1. The van der Waals surface area contributed by atoms with E-state index in [1.807, 2.05) is 0 Å². The van der Waals surface area contributed by atoms with Gasteiger partial charge in [-0.2, -0.15) is 0 Å². The zero-order valence-corrected chi connectivity index (χ0v) is 9.50. The molecule has 0 fully saturated rings. The molecule has 2 N–H and O–H groups in total. The van der Waals surface area contributed by atoms with Crippen molar-refractivity contribution in [3.8, 4) is 0 Å². The second-order valence-electron chi connectivity index (χ2n) is 3.52. The second kappa shape index (κ2) is 5.58. The molecule has 0 saturated heterocycles. The fraction of sp³-hybridized carbons (Fsp3) is 0.364. The molecule has 0 aliphatic rings. The molecule has 0 aliphatic heterocycles. The Morgan fingerprint density at radius 1 is 1.41 bits per heavy atom. The largest absolute Gasteiger partial charge is 0.457 e. The summed E-state index contributed by atoms with van der Waals surface area (Å²) in [6.07, 6.45) is -0.529. The van der Waals surface area contributed by atoms with Crippen LogP contribution in [0.4, 0.5) is 14.5 Å². The molecule has 0 amide bonds. The average molecular weight is 245 g/mol. The number of nitrogens with two attached hydrogens (primary N) is 1. The highest BCUT2D eigenvalue weighted by Gasteiger charge is 2.18. The molecule has 94 valence electrons. The lowest BCUT2D eigenvalue weighted by Gasteiger charge is -2.12. The maximum atomic E-state index is 13.3. The first kappa shape index (κ1) is 13.4. The summed E-state index contributed by atoms with van der Waals surface area (Å²) in [5, 5.41) is 0. The van der Waals surface area contributed by atoms with Gasteiger partial charge in [0.1, 0.15) is 17.7 Å². The number of esters is 1. The number of methoxy groups -OCH3 is 1. The molecule has 0 radical (unpaired) electrons. The Bertz CT molecular complexity index is 423. The minimum absolute atomic E-state index is 0.185. The van der Waals surface area contributed by atoms with Crippen molar-refractivity contribution in [1.82, 2.24) is 0 Å².